The Morgan fingerprint density at radius 1 is 0.383 bits per heavy atom. The summed E-state index contributed by atoms with van der Waals surface area (Å²) < 4.78 is 17.4. The van der Waals surface area contributed by atoms with E-state index in [2.05, 4.69) is 93.7 Å². The Bertz CT molecular complexity index is 1080. The Kier molecular flexibility index (Phi) is 48.4. The van der Waals surface area contributed by atoms with Gasteiger partial charge in [-0.15, -0.1) is 0 Å². The first kappa shape index (κ1) is 57.3. The molecule has 0 bridgehead atoms. The maximum atomic E-state index is 12.8. The second-order valence-corrected chi connectivity index (χ2v) is 16.7. The summed E-state index contributed by atoms with van der Waals surface area (Å²) >= 11 is 0. The highest BCUT2D eigenvalue weighted by molar-refractivity contribution is 5.70. The molecule has 0 N–H and O–H groups in total. The van der Waals surface area contributed by atoms with E-state index >= 15 is 0 Å². The van der Waals surface area contributed by atoms with Crippen LogP contribution in [0.4, 0.5) is 0 Å². The van der Waals surface area contributed by atoms with Crippen molar-refractivity contribution in [2.75, 3.05) is 19.8 Å². The average Bonchev–Trinajstić information content (AvgIpc) is 3.25. The summed E-state index contributed by atoms with van der Waals surface area (Å²) in [4.78, 5) is 25.4. The van der Waals surface area contributed by atoms with Gasteiger partial charge in [-0.3, -0.25) is 9.59 Å². The highest BCUT2D eigenvalue weighted by atomic mass is 16.6. The van der Waals surface area contributed by atoms with Gasteiger partial charge in [0.05, 0.1) is 6.61 Å². The highest BCUT2D eigenvalue weighted by Crippen LogP contribution is 2.14. The molecular formula is C55H96O5. The van der Waals surface area contributed by atoms with Crippen LogP contribution < -0.4 is 0 Å². The topological polar surface area (TPSA) is 61.8 Å². The van der Waals surface area contributed by atoms with Gasteiger partial charge in [0.1, 0.15) is 6.61 Å². The molecule has 1 atom stereocenters. The summed E-state index contributed by atoms with van der Waals surface area (Å²) in [6.45, 7) is 7.67. The molecule has 60 heavy (non-hydrogen) atoms. The molecule has 0 radical (unpaired) electrons. The minimum Gasteiger partial charge on any atom is -0.462 e. The van der Waals surface area contributed by atoms with Crippen LogP contribution in [0.15, 0.2) is 72.9 Å². The maximum absolute atomic E-state index is 12.8. The van der Waals surface area contributed by atoms with Crippen molar-refractivity contribution < 1.29 is 23.8 Å². The van der Waals surface area contributed by atoms with E-state index in [1.54, 1.807) is 0 Å². The molecule has 0 aromatic carbocycles. The number of hydrogen-bond acceptors (Lipinski definition) is 5. The molecule has 0 rings (SSSR count). The van der Waals surface area contributed by atoms with Crippen LogP contribution >= 0.6 is 0 Å². The molecule has 0 fully saturated rings. The van der Waals surface area contributed by atoms with Crippen LogP contribution in [0.3, 0.4) is 0 Å². The first-order chi connectivity index (χ1) is 29.6. The standard InChI is InChI=1S/C55H96O5/c1-4-7-10-13-16-19-22-25-26-27-28-29-30-32-33-36-39-42-45-48-54(56)59-52-53(51-58-50-47-44-41-38-35-24-21-18-15-12-9-6-3)60-55(57)49-46-43-40-37-34-31-23-20-17-14-11-8-5-2/h7,10,16,19-20,23,25-26,28-29,32-33,53H,4-6,8-9,11-15,17-18,21-22,24,27,30-31,34-52H2,1-3H3/b10-7-,19-16-,23-20-,26-25-,29-28-,33-32-. The fourth-order valence-electron chi connectivity index (χ4n) is 6.94. The van der Waals surface area contributed by atoms with Crippen molar-refractivity contribution >= 4 is 11.9 Å². The summed E-state index contributed by atoms with van der Waals surface area (Å²) in [7, 11) is 0. The van der Waals surface area contributed by atoms with Crippen molar-refractivity contribution in [2.45, 2.75) is 245 Å². The zero-order valence-electron chi connectivity index (χ0n) is 39.7. The third-order valence-corrected chi connectivity index (χ3v) is 10.7. The van der Waals surface area contributed by atoms with Gasteiger partial charge < -0.3 is 14.2 Å². The summed E-state index contributed by atoms with van der Waals surface area (Å²) in [5, 5.41) is 0. The summed E-state index contributed by atoms with van der Waals surface area (Å²) in [5.41, 5.74) is 0. The molecule has 5 heteroatoms. The number of esters is 2. The van der Waals surface area contributed by atoms with E-state index in [0.717, 1.165) is 96.3 Å². The van der Waals surface area contributed by atoms with Crippen LogP contribution in [0, 0.1) is 0 Å². The number of rotatable bonds is 46. The van der Waals surface area contributed by atoms with Crippen LogP contribution in [0.2, 0.25) is 0 Å². The predicted molar refractivity (Wildman–Crippen MR) is 260 cm³/mol. The highest BCUT2D eigenvalue weighted by Gasteiger charge is 2.17. The number of carbonyl (C=O) groups is 2. The normalized spacial score (nSPS) is 12.8. The van der Waals surface area contributed by atoms with Gasteiger partial charge in [-0.25, -0.2) is 0 Å². The van der Waals surface area contributed by atoms with Gasteiger partial charge in [-0.05, 0) is 89.9 Å². The Labute approximate surface area is 372 Å². The second kappa shape index (κ2) is 50.7. The zero-order chi connectivity index (χ0) is 43.5. The van der Waals surface area contributed by atoms with E-state index in [1.165, 1.54) is 109 Å². The van der Waals surface area contributed by atoms with Crippen LogP contribution in [-0.4, -0.2) is 37.9 Å². The number of unbranched alkanes of at least 4 members (excludes halogenated alkanes) is 23. The fraction of sp³-hybridized carbons (Fsp3) is 0.745. The third-order valence-electron chi connectivity index (χ3n) is 10.7. The lowest BCUT2D eigenvalue weighted by Crippen LogP contribution is -2.30. The van der Waals surface area contributed by atoms with Crippen molar-refractivity contribution in [3.05, 3.63) is 72.9 Å². The Morgan fingerprint density at radius 3 is 1.25 bits per heavy atom. The molecule has 0 aromatic heterocycles. The van der Waals surface area contributed by atoms with E-state index in [0.29, 0.717) is 19.4 Å². The molecule has 0 spiro atoms. The van der Waals surface area contributed by atoms with E-state index in [9.17, 15) is 9.59 Å². The van der Waals surface area contributed by atoms with Crippen molar-refractivity contribution in [3.63, 3.8) is 0 Å². The van der Waals surface area contributed by atoms with Crippen LogP contribution in [0.1, 0.15) is 239 Å². The number of hydrogen-bond donors (Lipinski definition) is 0. The first-order valence-corrected chi connectivity index (χ1v) is 25.5. The van der Waals surface area contributed by atoms with E-state index < -0.39 is 6.10 Å². The largest absolute Gasteiger partial charge is 0.462 e. The Balaban J connectivity index is 4.31. The molecule has 0 aliphatic heterocycles. The minimum absolute atomic E-state index is 0.0647. The minimum atomic E-state index is -0.553. The van der Waals surface area contributed by atoms with Crippen molar-refractivity contribution in [1.29, 1.82) is 0 Å². The van der Waals surface area contributed by atoms with Crippen LogP contribution in [-0.2, 0) is 23.8 Å². The number of allylic oxidation sites excluding steroid dienone is 12. The van der Waals surface area contributed by atoms with Crippen molar-refractivity contribution in [1.82, 2.24) is 0 Å². The number of carbonyl (C=O) groups excluding carboxylic acids is 2. The quantitative estimate of drug-likeness (QED) is 0.0347. The van der Waals surface area contributed by atoms with Crippen molar-refractivity contribution in [3.8, 4) is 0 Å². The predicted octanol–water partition coefficient (Wildman–Crippen LogP) is 17.1. The summed E-state index contributed by atoms with van der Waals surface area (Å²) in [6, 6.07) is 0. The molecule has 0 aliphatic rings. The van der Waals surface area contributed by atoms with Gasteiger partial charge in [0.25, 0.3) is 0 Å². The molecular weight excluding hydrogens is 741 g/mol. The Hall–Kier alpha value is -2.66. The van der Waals surface area contributed by atoms with Gasteiger partial charge in [0.15, 0.2) is 6.10 Å². The van der Waals surface area contributed by atoms with Crippen molar-refractivity contribution in [2.24, 2.45) is 0 Å². The van der Waals surface area contributed by atoms with Gasteiger partial charge in [0, 0.05) is 19.4 Å². The van der Waals surface area contributed by atoms with Gasteiger partial charge in [0.2, 0.25) is 0 Å². The van der Waals surface area contributed by atoms with Crippen LogP contribution in [0.25, 0.3) is 0 Å². The van der Waals surface area contributed by atoms with E-state index in [1.807, 2.05) is 0 Å². The van der Waals surface area contributed by atoms with Crippen LogP contribution in [0.5, 0.6) is 0 Å². The molecule has 0 amide bonds. The molecule has 0 heterocycles. The zero-order valence-corrected chi connectivity index (χ0v) is 39.7. The smallest absolute Gasteiger partial charge is 0.306 e. The van der Waals surface area contributed by atoms with E-state index in [-0.39, 0.29) is 25.2 Å². The molecule has 5 nitrogen and oxygen atoms in total. The first-order valence-electron chi connectivity index (χ1n) is 25.5. The molecule has 1 unspecified atom stereocenters. The van der Waals surface area contributed by atoms with Gasteiger partial charge in [-0.1, -0.05) is 209 Å². The molecule has 0 aliphatic carbocycles. The second-order valence-electron chi connectivity index (χ2n) is 16.7. The van der Waals surface area contributed by atoms with E-state index in [4.69, 9.17) is 14.2 Å². The van der Waals surface area contributed by atoms with Gasteiger partial charge >= 0.3 is 11.9 Å². The number of ether oxygens (including phenoxy) is 3. The molecule has 0 saturated carbocycles. The maximum Gasteiger partial charge on any atom is 0.306 e. The monoisotopic (exact) mass is 837 g/mol. The third kappa shape index (κ3) is 48.0. The summed E-state index contributed by atoms with van der Waals surface area (Å²) in [6.07, 6.45) is 64.7. The lowest BCUT2D eigenvalue weighted by Gasteiger charge is -2.18. The fourth-order valence-corrected chi connectivity index (χ4v) is 6.94. The molecule has 346 valence electrons. The average molecular weight is 837 g/mol. The SMILES string of the molecule is CC/C=C\C/C=C\C/C=C\C/C=C\C/C=C\CCCCCC(=O)OCC(COCCCCCCCCCCCCCC)OC(=O)CCCCCCC/C=C\CCCCCC. The van der Waals surface area contributed by atoms with Gasteiger partial charge in [-0.2, -0.15) is 0 Å². The molecule has 0 saturated heterocycles. The lowest BCUT2D eigenvalue weighted by atomic mass is 10.1. The Morgan fingerprint density at radius 2 is 0.750 bits per heavy atom. The summed E-state index contributed by atoms with van der Waals surface area (Å²) in [5.74, 6) is -0.440. The lowest BCUT2D eigenvalue weighted by molar-refractivity contribution is -0.163. The molecule has 0 aromatic rings.